The molecule has 0 aliphatic rings. The van der Waals surface area contributed by atoms with E-state index in [1.807, 2.05) is 19.1 Å². The highest BCUT2D eigenvalue weighted by atomic mass is 16.5. The van der Waals surface area contributed by atoms with E-state index in [0.29, 0.717) is 18.6 Å². The second-order valence-electron chi connectivity index (χ2n) is 5.71. The molecule has 0 amide bonds. The van der Waals surface area contributed by atoms with Gasteiger partial charge >= 0.3 is 0 Å². The van der Waals surface area contributed by atoms with Crippen LogP contribution in [0, 0.1) is 43.4 Å². The zero-order valence-electron chi connectivity index (χ0n) is 13.8. The first kappa shape index (κ1) is 16.6. The predicted molar refractivity (Wildman–Crippen MR) is 90.3 cm³/mol. The van der Waals surface area contributed by atoms with Gasteiger partial charge in [0.1, 0.15) is 5.75 Å². The van der Waals surface area contributed by atoms with E-state index in [4.69, 9.17) is 10.00 Å². The Morgan fingerprint density at radius 3 is 2.48 bits per heavy atom. The summed E-state index contributed by atoms with van der Waals surface area (Å²) in [6.07, 6.45) is 0.595. The molecule has 3 nitrogen and oxygen atoms in total. The molecule has 0 aliphatic carbocycles. The summed E-state index contributed by atoms with van der Waals surface area (Å²) in [5.74, 6) is 0.640. The van der Waals surface area contributed by atoms with Crippen molar-refractivity contribution in [2.45, 2.75) is 33.1 Å². The minimum absolute atomic E-state index is 0.270. The molecule has 1 unspecified atom stereocenters. The minimum Gasteiger partial charge on any atom is -0.493 e. The molecule has 0 bridgehead atoms. The van der Waals surface area contributed by atoms with Crippen molar-refractivity contribution in [1.29, 1.82) is 10.5 Å². The fourth-order valence-electron chi connectivity index (χ4n) is 2.56. The van der Waals surface area contributed by atoms with Crippen LogP contribution in [0.1, 0.15) is 40.2 Å². The van der Waals surface area contributed by atoms with Gasteiger partial charge in [-0.2, -0.15) is 10.5 Å². The Kier molecular flexibility index (Phi) is 5.39. The van der Waals surface area contributed by atoms with Crippen molar-refractivity contribution in [3.05, 3.63) is 64.2 Å². The Balaban J connectivity index is 2.06. The maximum absolute atomic E-state index is 9.41. The molecule has 0 aromatic heterocycles. The third-order valence-electron chi connectivity index (χ3n) is 4.10. The molecule has 0 heterocycles. The molecule has 23 heavy (non-hydrogen) atoms. The summed E-state index contributed by atoms with van der Waals surface area (Å²) in [6, 6.07) is 15.8. The van der Waals surface area contributed by atoms with Gasteiger partial charge in [0.25, 0.3) is 0 Å². The first-order valence-corrected chi connectivity index (χ1v) is 7.66. The van der Waals surface area contributed by atoms with Gasteiger partial charge < -0.3 is 4.74 Å². The van der Waals surface area contributed by atoms with Crippen molar-refractivity contribution in [2.24, 2.45) is 0 Å². The highest BCUT2D eigenvalue weighted by Gasteiger charge is 2.13. The minimum atomic E-state index is -0.270. The molecule has 2 aromatic rings. The van der Waals surface area contributed by atoms with Gasteiger partial charge in [0.15, 0.2) is 0 Å². The lowest BCUT2D eigenvalue weighted by molar-refractivity contribution is 0.302. The molecule has 2 aromatic carbocycles. The molecule has 0 saturated heterocycles. The quantitative estimate of drug-likeness (QED) is 0.813. The number of nitrogens with zero attached hydrogens (tertiary/aromatic N) is 2. The van der Waals surface area contributed by atoms with Crippen LogP contribution >= 0.6 is 0 Å². The van der Waals surface area contributed by atoms with Crippen LogP contribution < -0.4 is 4.74 Å². The number of ether oxygens (including phenoxy) is 1. The first-order valence-electron chi connectivity index (χ1n) is 7.66. The number of hydrogen-bond acceptors (Lipinski definition) is 3. The summed E-state index contributed by atoms with van der Waals surface area (Å²) in [6.45, 7) is 6.61. The Hall–Kier alpha value is -2.78. The fourth-order valence-corrected chi connectivity index (χ4v) is 2.56. The van der Waals surface area contributed by atoms with E-state index >= 15 is 0 Å². The topological polar surface area (TPSA) is 56.8 Å². The lowest BCUT2D eigenvalue weighted by Crippen LogP contribution is -2.06. The predicted octanol–water partition coefficient (Wildman–Crippen LogP) is 4.56. The summed E-state index contributed by atoms with van der Waals surface area (Å²) in [5, 5.41) is 18.4. The van der Waals surface area contributed by atoms with Crippen LogP contribution in [0.3, 0.4) is 0 Å². The summed E-state index contributed by atoms with van der Waals surface area (Å²) in [7, 11) is 0. The SMILES string of the molecule is Cc1ccc(C)c(OCCC(C#N)c2cccc(C#N)c2)c1C. The van der Waals surface area contributed by atoms with Crippen LogP contribution in [0.15, 0.2) is 36.4 Å². The number of aryl methyl sites for hydroxylation is 2. The van der Waals surface area contributed by atoms with Crippen molar-refractivity contribution in [2.75, 3.05) is 6.61 Å². The van der Waals surface area contributed by atoms with Gasteiger partial charge in [-0.25, -0.2) is 0 Å². The summed E-state index contributed by atoms with van der Waals surface area (Å²) in [5.41, 5.74) is 4.89. The van der Waals surface area contributed by atoms with Gasteiger partial charge in [0.05, 0.1) is 30.2 Å². The summed E-state index contributed by atoms with van der Waals surface area (Å²) in [4.78, 5) is 0. The fraction of sp³-hybridized carbons (Fsp3) is 0.300. The zero-order chi connectivity index (χ0) is 16.8. The summed E-state index contributed by atoms with van der Waals surface area (Å²) >= 11 is 0. The van der Waals surface area contributed by atoms with Crippen LogP contribution in [0.25, 0.3) is 0 Å². The maximum Gasteiger partial charge on any atom is 0.125 e. The van der Waals surface area contributed by atoms with E-state index in [1.165, 1.54) is 5.56 Å². The molecule has 0 fully saturated rings. The molecule has 0 aliphatic heterocycles. The number of rotatable bonds is 5. The maximum atomic E-state index is 9.41. The average Bonchev–Trinajstić information content (AvgIpc) is 2.58. The zero-order valence-corrected chi connectivity index (χ0v) is 13.8. The van der Waals surface area contributed by atoms with E-state index in [9.17, 15) is 5.26 Å². The number of nitriles is 2. The van der Waals surface area contributed by atoms with Crippen molar-refractivity contribution < 1.29 is 4.74 Å². The van der Waals surface area contributed by atoms with E-state index in [-0.39, 0.29) is 5.92 Å². The third kappa shape index (κ3) is 3.90. The highest BCUT2D eigenvalue weighted by molar-refractivity contribution is 5.44. The molecule has 3 heteroatoms. The van der Waals surface area contributed by atoms with Crippen molar-refractivity contribution in [3.63, 3.8) is 0 Å². The van der Waals surface area contributed by atoms with E-state index in [1.54, 1.807) is 12.1 Å². The van der Waals surface area contributed by atoms with Gasteiger partial charge in [-0.1, -0.05) is 24.3 Å². The Bertz CT molecular complexity index is 781. The largest absolute Gasteiger partial charge is 0.493 e. The van der Waals surface area contributed by atoms with Crippen LogP contribution in [-0.2, 0) is 0 Å². The van der Waals surface area contributed by atoms with Gasteiger partial charge in [0.2, 0.25) is 0 Å². The highest BCUT2D eigenvalue weighted by Crippen LogP contribution is 2.27. The second kappa shape index (κ2) is 7.47. The standard InChI is InChI=1S/C20H20N2O/c1-14-7-8-15(2)20(16(14)3)23-10-9-19(13-22)18-6-4-5-17(11-18)12-21/h4-8,11,19H,9-10H2,1-3H3. The average molecular weight is 304 g/mol. The number of benzene rings is 2. The van der Waals surface area contributed by atoms with Crippen molar-refractivity contribution in [1.82, 2.24) is 0 Å². The van der Waals surface area contributed by atoms with Gasteiger partial charge in [0, 0.05) is 6.42 Å². The summed E-state index contributed by atoms with van der Waals surface area (Å²) < 4.78 is 5.94. The Labute approximate surface area is 137 Å². The van der Waals surface area contributed by atoms with E-state index in [2.05, 4.69) is 38.1 Å². The molecule has 0 radical (unpaired) electrons. The monoisotopic (exact) mass is 304 g/mol. The van der Waals surface area contributed by atoms with E-state index in [0.717, 1.165) is 22.4 Å². The Morgan fingerprint density at radius 1 is 1.04 bits per heavy atom. The van der Waals surface area contributed by atoms with Crippen LogP contribution in [0.5, 0.6) is 5.75 Å². The molecule has 116 valence electrons. The molecule has 0 saturated carbocycles. The lowest BCUT2D eigenvalue weighted by atomic mass is 9.96. The first-order chi connectivity index (χ1) is 11.1. The van der Waals surface area contributed by atoms with E-state index < -0.39 is 0 Å². The van der Waals surface area contributed by atoms with Gasteiger partial charge in [-0.05, 0) is 55.2 Å². The van der Waals surface area contributed by atoms with Crippen molar-refractivity contribution >= 4 is 0 Å². The normalized spacial score (nSPS) is 11.3. The van der Waals surface area contributed by atoms with Gasteiger partial charge in [-0.15, -0.1) is 0 Å². The molecule has 2 rings (SSSR count). The smallest absolute Gasteiger partial charge is 0.125 e. The van der Waals surface area contributed by atoms with Gasteiger partial charge in [-0.3, -0.25) is 0 Å². The molecule has 0 N–H and O–H groups in total. The Morgan fingerprint density at radius 2 is 1.78 bits per heavy atom. The molecular formula is C20H20N2O. The number of hydrogen-bond donors (Lipinski definition) is 0. The third-order valence-corrected chi connectivity index (χ3v) is 4.10. The van der Waals surface area contributed by atoms with Crippen LogP contribution in [-0.4, -0.2) is 6.61 Å². The van der Waals surface area contributed by atoms with Crippen LogP contribution in [0.4, 0.5) is 0 Å². The lowest BCUT2D eigenvalue weighted by Gasteiger charge is -2.15. The van der Waals surface area contributed by atoms with Crippen molar-refractivity contribution in [3.8, 4) is 17.9 Å². The molecular weight excluding hydrogens is 284 g/mol. The second-order valence-corrected chi connectivity index (χ2v) is 5.71. The molecule has 1 atom stereocenters. The molecule has 0 spiro atoms. The van der Waals surface area contributed by atoms with Crippen LogP contribution in [0.2, 0.25) is 0 Å².